The predicted molar refractivity (Wildman–Crippen MR) is 70.7 cm³/mol. The zero-order valence-electron chi connectivity index (χ0n) is 11.7. The van der Waals surface area contributed by atoms with Crippen molar-refractivity contribution >= 4 is 0 Å². The Morgan fingerprint density at radius 3 is 2.94 bits per heavy atom. The Kier molecular flexibility index (Phi) is 4.64. The maximum Gasteiger partial charge on any atom is 0.0951 e. The molecule has 0 aromatic carbocycles. The van der Waals surface area contributed by atoms with Crippen molar-refractivity contribution in [1.82, 2.24) is 5.32 Å². The molecule has 4 nitrogen and oxygen atoms in total. The Hall–Kier alpha value is -0.160. The van der Waals surface area contributed by atoms with Gasteiger partial charge in [-0.05, 0) is 26.2 Å². The molecule has 0 aromatic heterocycles. The van der Waals surface area contributed by atoms with Gasteiger partial charge in [-0.25, -0.2) is 0 Å². The number of ether oxygens (including phenoxy) is 2. The average Bonchev–Trinajstić information content (AvgIpc) is 2.75. The molecular weight excluding hydrogens is 230 g/mol. The first-order chi connectivity index (χ1) is 8.55. The van der Waals surface area contributed by atoms with Gasteiger partial charge in [-0.15, -0.1) is 0 Å². The van der Waals surface area contributed by atoms with Gasteiger partial charge in [0.25, 0.3) is 0 Å². The summed E-state index contributed by atoms with van der Waals surface area (Å²) in [6, 6.07) is 0.448. The molecular formula is C14H27NO3. The van der Waals surface area contributed by atoms with Crippen molar-refractivity contribution in [3.63, 3.8) is 0 Å². The lowest BCUT2D eigenvalue weighted by atomic mass is 9.89. The minimum atomic E-state index is -0.591. The molecule has 2 fully saturated rings. The van der Waals surface area contributed by atoms with Crippen LogP contribution in [-0.4, -0.2) is 48.7 Å². The molecule has 0 saturated carbocycles. The minimum Gasteiger partial charge on any atom is -0.389 e. The van der Waals surface area contributed by atoms with Crippen molar-refractivity contribution in [2.24, 2.45) is 0 Å². The third-order valence-electron chi connectivity index (χ3n) is 4.12. The molecule has 0 radical (unpaired) electrons. The highest BCUT2D eigenvalue weighted by Gasteiger charge is 2.41. The van der Waals surface area contributed by atoms with Gasteiger partial charge in [0.1, 0.15) is 0 Å². The number of rotatable bonds is 5. The smallest absolute Gasteiger partial charge is 0.0951 e. The number of aliphatic hydroxyl groups is 1. The van der Waals surface area contributed by atoms with E-state index in [0.29, 0.717) is 12.6 Å². The molecule has 18 heavy (non-hydrogen) atoms. The molecule has 0 bridgehead atoms. The van der Waals surface area contributed by atoms with Gasteiger partial charge in [-0.3, -0.25) is 0 Å². The van der Waals surface area contributed by atoms with Crippen LogP contribution >= 0.6 is 0 Å². The first-order valence-corrected chi connectivity index (χ1v) is 7.23. The maximum absolute atomic E-state index is 10.2. The Balaban J connectivity index is 1.79. The van der Waals surface area contributed by atoms with Gasteiger partial charge < -0.3 is 19.9 Å². The molecule has 1 spiro atoms. The van der Waals surface area contributed by atoms with E-state index in [9.17, 15) is 5.11 Å². The van der Waals surface area contributed by atoms with E-state index in [1.54, 1.807) is 0 Å². The van der Waals surface area contributed by atoms with Crippen molar-refractivity contribution < 1.29 is 14.6 Å². The summed E-state index contributed by atoms with van der Waals surface area (Å²) in [5, 5.41) is 13.7. The van der Waals surface area contributed by atoms with Gasteiger partial charge in [0.15, 0.2) is 0 Å². The van der Waals surface area contributed by atoms with Crippen molar-refractivity contribution in [3.8, 4) is 0 Å². The van der Waals surface area contributed by atoms with E-state index in [1.165, 1.54) is 0 Å². The van der Waals surface area contributed by atoms with E-state index >= 15 is 0 Å². The molecule has 0 aliphatic carbocycles. The third-order valence-corrected chi connectivity index (χ3v) is 4.12. The lowest BCUT2D eigenvalue weighted by Gasteiger charge is -2.38. The molecule has 4 heteroatoms. The van der Waals surface area contributed by atoms with E-state index < -0.39 is 5.60 Å². The van der Waals surface area contributed by atoms with Gasteiger partial charge in [-0.1, -0.05) is 13.3 Å². The van der Waals surface area contributed by atoms with Gasteiger partial charge in [-0.2, -0.15) is 0 Å². The monoisotopic (exact) mass is 257 g/mol. The van der Waals surface area contributed by atoms with Crippen LogP contribution in [0.25, 0.3) is 0 Å². The van der Waals surface area contributed by atoms with Crippen molar-refractivity contribution in [1.29, 1.82) is 0 Å². The summed E-state index contributed by atoms with van der Waals surface area (Å²) >= 11 is 0. The fourth-order valence-electron chi connectivity index (χ4n) is 3.06. The maximum atomic E-state index is 10.2. The fourth-order valence-corrected chi connectivity index (χ4v) is 3.06. The Morgan fingerprint density at radius 2 is 2.28 bits per heavy atom. The second kappa shape index (κ2) is 5.87. The largest absolute Gasteiger partial charge is 0.389 e. The van der Waals surface area contributed by atoms with Crippen LogP contribution in [-0.2, 0) is 9.47 Å². The first-order valence-electron chi connectivity index (χ1n) is 7.23. The zero-order chi connectivity index (χ0) is 13.1. The fraction of sp³-hybridized carbons (Fsp3) is 1.00. The standard InChI is InChI=1S/C14H27NO3/c1-3-5-13(2,16)10-15-12-4-7-18-14(9-12)6-8-17-11-14/h12,15-16H,3-11H2,1-2H3. The highest BCUT2D eigenvalue weighted by atomic mass is 16.6. The normalized spacial score (nSPS) is 35.8. The van der Waals surface area contributed by atoms with Crippen molar-refractivity contribution in [3.05, 3.63) is 0 Å². The first kappa shape index (κ1) is 14.3. The van der Waals surface area contributed by atoms with Gasteiger partial charge in [0, 0.05) is 32.2 Å². The molecule has 0 amide bonds. The number of hydrogen-bond donors (Lipinski definition) is 2. The minimum absolute atomic E-state index is 0.0491. The summed E-state index contributed by atoms with van der Waals surface area (Å²) in [5.74, 6) is 0. The molecule has 2 aliphatic heterocycles. The van der Waals surface area contributed by atoms with Crippen LogP contribution in [0.3, 0.4) is 0 Å². The predicted octanol–water partition coefficient (Wildman–Crippen LogP) is 1.47. The van der Waals surface area contributed by atoms with Crippen LogP contribution in [0, 0.1) is 0 Å². The lowest BCUT2D eigenvalue weighted by molar-refractivity contribution is -0.0913. The summed E-state index contributed by atoms with van der Waals surface area (Å²) in [4.78, 5) is 0. The number of hydrogen-bond acceptors (Lipinski definition) is 4. The van der Waals surface area contributed by atoms with Crippen LogP contribution in [0.4, 0.5) is 0 Å². The van der Waals surface area contributed by atoms with Crippen molar-refractivity contribution in [2.45, 2.75) is 63.2 Å². The van der Waals surface area contributed by atoms with Gasteiger partial charge in [0.2, 0.25) is 0 Å². The summed E-state index contributed by atoms with van der Waals surface area (Å²) < 4.78 is 11.4. The van der Waals surface area contributed by atoms with Crippen LogP contribution in [0.1, 0.15) is 46.0 Å². The molecule has 106 valence electrons. The molecule has 0 aromatic rings. The van der Waals surface area contributed by atoms with Crippen LogP contribution in [0.15, 0.2) is 0 Å². The Morgan fingerprint density at radius 1 is 1.44 bits per heavy atom. The van der Waals surface area contributed by atoms with Crippen molar-refractivity contribution in [2.75, 3.05) is 26.4 Å². The molecule has 2 rings (SSSR count). The topological polar surface area (TPSA) is 50.7 Å². The second-order valence-corrected chi connectivity index (χ2v) is 6.15. The van der Waals surface area contributed by atoms with Gasteiger partial charge >= 0.3 is 0 Å². The number of nitrogens with one attached hydrogen (secondary N) is 1. The molecule has 3 atom stereocenters. The zero-order valence-corrected chi connectivity index (χ0v) is 11.7. The van der Waals surface area contributed by atoms with Crippen LogP contribution in [0.2, 0.25) is 0 Å². The van der Waals surface area contributed by atoms with E-state index in [-0.39, 0.29) is 5.60 Å². The van der Waals surface area contributed by atoms with E-state index in [1.807, 2.05) is 6.92 Å². The molecule has 3 unspecified atom stereocenters. The molecule has 2 N–H and O–H groups in total. The van der Waals surface area contributed by atoms with Crippen LogP contribution < -0.4 is 5.32 Å². The van der Waals surface area contributed by atoms with Gasteiger partial charge in [0.05, 0.1) is 17.8 Å². The summed E-state index contributed by atoms with van der Waals surface area (Å²) in [7, 11) is 0. The lowest BCUT2D eigenvalue weighted by Crippen LogP contribution is -2.50. The second-order valence-electron chi connectivity index (χ2n) is 6.15. The summed E-state index contributed by atoms with van der Waals surface area (Å²) in [6.45, 7) is 7.04. The SMILES string of the molecule is CCCC(C)(O)CNC1CCOC2(CCOC2)C1. The summed E-state index contributed by atoms with van der Waals surface area (Å²) in [6.07, 6.45) is 4.91. The Labute approximate surface area is 110 Å². The highest BCUT2D eigenvalue weighted by molar-refractivity contribution is 4.93. The van der Waals surface area contributed by atoms with E-state index in [0.717, 1.165) is 51.9 Å². The summed E-state index contributed by atoms with van der Waals surface area (Å²) in [5.41, 5.74) is -0.640. The Bertz CT molecular complexity index is 262. The third kappa shape index (κ3) is 3.67. The molecule has 2 saturated heterocycles. The highest BCUT2D eigenvalue weighted by Crippen LogP contribution is 2.32. The van der Waals surface area contributed by atoms with E-state index in [4.69, 9.17) is 9.47 Å². The molecule has 2 aliphatic rings. The average molecular weight is 257 g/mol. The molecule has 2 heterocycles. The van der Waals surface area contributed by atoms with E-state index in [2.05, 4.69) is 12.2 Å². The quantitative estimate of drug-likeness (QED) is 0.783. The van der Waals surface area contributed by atoms with Crippen LogP contribution in [0.5, 0.6) is 0 Å².